The van der Waals surface area contributed by atoms with E-state index in [4.69, 9.17) is 4.74 Å². The van der Waals surface area contributed by atoms with Gasteiger partial charge < -0.3 is 20.3 Å². The van der Waals surface area contributed by atoms with Crippen LogP contribution in [0.1, 0.15) is 55.5 Å². The first-order valence-corrected chi connectivity index (χ1v) is 11.2. The van der Waals surface area contributed by atoms with Crippen LogP contribution in [0.5, 0.6) is 5.75 Å². The molecule has 0 atom stereocenters. The Morgan fingerprint density at radius 3 is 2.19 bits per heavy atom. The van der Waals surface area contributed by atoms with Crippen LogP contribution in [0.2, 0.25) is 0 Å². The number of nitrogens with zero attached hydrogens (tertiary/aromatic N) is 1. The number of hydrogen-bond acceptors (Lipinski definition) is 4. The van der Waals surface area contributed by atoms with Gasteiger partial charge in [-0.2, -0.15) is 0 Å². The van der Waals surface area contributed by atoms with Gasteiger partial charge in [-0.1, -0.05) is 25.0 Å². The highest BCUT2D eigenvalue weighted by Gasteiger charge is 2.17. The number of nitrogens with one attached hydrogen (secondary N) is 2. The molecule has 2 aromatic rings. The first-order valence-electron chi connectivity index (χ1n) is 11.2. The van der Waals surface area contributed by atoms with Gasteiger partial charge in [0.1, 0.15) is 5.75 Å². The van der Waals surface area contributed by atoms with Crippen LogP contribution in [0.15, 0.2) is 48.5 Å². The molecule has 0 unspecified atom stereocenters. The van der Waals surface area contributed by atoms with E-state index in [2.05, 4.69) is 10.6 Å². The van der Waals surface area contributed by atoms with Gasteiger partial charge in [-0.15, -0.1) is 0 Å². The van der Waals surface area contributed by atoms with E-state index in [-0.39, 0.29) is 24.5 Å². The van der Waals surface area contributed by atoms with E-state index in [9.17, 15) is 9.59 Å². The number of carbonyl (C=O) groups excluding carboxylic acids is 2. The molecule has 0 bridgehead atoms. The van der Waals surface area contributed by atoms with Crippen LogP contribution in [0.25, 0.3) is 0 Å². The van der Waals surface area contributed by atoms with Gasteiger partial charge in [0.15, 0.2) is 0 Å². The van der Waals surface area contributed by atoms with Crippen molar-refractivity contribution in [2.24, 2.45) is 0 Å². The van der Waals surface area contributed by atoms with Crippen LogP contribution < -0.4 is 15.4 Å². The highest BCUT2D eigenvalue weighted by molar-refractivity contribution is 5.94. The van der Waals surface area contributed by atoms with Gasteiger partial charge in [-0.05, 0) is 68.7 Å². The fourth-order valence-corrected chi connectivity index (χ4v) is 3.59. The Balaban J connectivity index is 1.42. The molecular formula is C25H33N3O3. The fourth-order valence-electron chi connectivity index (χ4n) is 3.59. The predicted octanol–water partition coefficient (Wildman–Crippen LogP) is 4.22. The molecule has 1 heterocycles. The van der Waals surface area contributed by atoms with Gasteiger partial charge >= 0.3 is 0 Å². The van der Waals surface area contributed by atoms with Crippen molar-refractivity contribution in [3.05, 3.63) is 59.7 Å². The largest absolute Gasteiger partial charge is 0.491 e. The van der Waals surface area contributed by atoms with Gasteiger partial charge in [0, 0.05) is 30.9 Å². The zero-order valence-corrected chi connectivity index (χ0v) is 18.5. The van der Waals surface area contributed by atoms with E-state index >= 15 is 0 Å². The van der Waals surface area contributed by atoms with Crippen molar-refractivity contribution in [2.45, 2.75) is 52.2 Å². The minimum Gasteiger partial charge on any atom is -0.491 e. The molecule has 1 aliphatic rings. The minimum absolute atomic E-state index is 0.0905. The van der Waals surface area contributed by atoms with Crippen LogP contribution in [-0.4, -0.2) is 42.5 Å². The third-order valence-corrected chi connectivity index (χ3v) is 5.26. The summed E-state index contributed by atoms with van der Waals surface area (Å²) in [7, 11) is 0. The van der Waals surface area contributed by atoms with Crippen LogP contribution in [-0.2, 0) is 11.3 Å². The lowest BCUT2D eigenvalue weighted by molar-refractivity contribution is -0.119. The molecule has 0 aromatic heterocycles. The summed E-state index contributed by atoms with van der Waals surface area (Å²) in [6.07, 6.45) is 4.70. The monoisotopic (exact) mass is 423 g/mol. The molecule has 0 aliphatic carbocycles. The summed E-state index contributed by atoms with van der Waals surface area (Å²) in [5, 5.41) is 6.02. The van der Waals surface area contributed by atoms with Gasteiger partial charge in [-0.25, -0.2) is 0 Å². The van der Waals surface area contributed by atoms with E-state index in [0.717, 1.165) is 42.9 Å². The second-order valence-electron chi connectivity index (χ2n) is 8.22. The summed E-state index contributed by atoms with van der Waals surface area (Å²) in [4.78, 5) is 26.8. The smallest absolute Gasteiger partial charge is 0.253 e. The Labute approximate surface area is 185 Å². The molecule has 3 rings (SSSR count). The van der Waals surface area contributed by atoms with E-state index in [1.807, 2.05) is 67.3 Å². The van der Waals surface area contributed by atoms with Gasteiger partial charge in [0.05, 0.1) is 12.6 Å². The normalized spacial score (nSPS) is 14.1. The lowest BCUT2D eigenvalue weighted by atomic mass is 10.1. The number of hydrogen-bond donors (Lipinski definition) is 2. The molecule has 1 saturated heterocycles. The number of rotatable bonds is 8. The quantitative estimate of drug-likeness (QED) is 0.667. The van der Waals surface area contributed by atoms with Gasteiger partial charge in [-0.3, -0.25) is 9.59 Å². The first-order chi connectivity index (χ1) is 15.0. The molecule has 6 nitrogen and oxygen atoms in total. The zero-order chi connectivity index (χ0) is 22.1. The third-order valence-electron chi connectivity index (χ3n) is 5.26. The molecule has 166 valence electrons. The van der Waals surface area contributed by atoms with Gasteiger partial charge in [0.25, 0.3) is 5.91 Å². The van der Waals surface area contributed by atoms with Crippen molar-refractivity contribution in [1.29, 1.82) is 0 Å². The minimum atomic E-state index is -0.0905. The SMILES string of the molecule is CC(C)Oc1ccc(CNC(=O)CNc2ccc(C(=O)N3CCCCCC3)cc2)cc1. The van der Waals surface area contributed by atoms with E-state index in [1.54, 1.807) is 0 Å². The summed E-state index contributed by atoms with van der Waals surface area (Å²) in [6.45, 7) is 6.30. The lowest BCUT2D eigenvalue weighted by Gasteiger charge is -2.20. The Hall–Kier alpha value is -3.02. The maximum Gasteiger partial charge on any atom is 0.253 e. The number of carbonyl (C=O) groups is 2. The van der Waals surface area contributed by atoms with Crippen molar-refractivity contribution in [3.8, 4) is 5.75 Å². The lowest BCUT2D eigenvalue weighted by Crippen LogP contribution is -2.31. The molecule has 0 saturated carbocycles. The molecule has 2 aromatic carbocycles. The summed E-state index contributed by atoms with van der Waals surface area (Å²) in [5.74, 6) is 0.827. The zero-order valence-electron chi connectivity index (χ0n) is 18.5. The second kappa shape index (κ2) is 11.4. The molecule has 6 heteroatoms. The molecular weight excluding hydrogens is 390 g/mol. The second-order valence-corrected chi connectivity index (χ2v) is 8.22. The number of anilines is 1. The summed E-state index contributed by atoms with van der Waals surface area (Å²) >= 11 is 0. The Morgan fingerprint density at radius 1 is 0.935 bits per heavy atom. The molecule has 0 spiro atoms. The Morgan fingerprint density at radius 2 is 1.58 bits per heavy atom. The topological polar surface area (TPSA) is 70.7 Å². The Kier molecular flexibility index (Phi) is 8.33. The summed E-state index contributed by atoms with van der Waals surface area (Å²) in [6, 6.07) is 15.1. The van der Waals surface area contributed by atoms with Gasteiger partial charge in [0.2, 0.25) is 5.91 Å². The van der Waals surface area contributed by atoms with E-state index in [0.29, 0.717) is 12.1 Å². The number of ether oxygens (including phenoxy) is 1. The number of benzene rings is 2. The molecule has 2 amide bonds. The van der Waals surface area contributed by atoms with Crippen molar-refractivity contribution < 1.29 is 14.3 Å². The molecule has 0 radical (unpaired) electrons. The maximum atomic E-state index is 12.7. The fraction of sp³-hybridized carbons (Fsp3) is 0.440. The highest BCUT2D eigenvalue weighted by atomic mass is 16.5. The summed E-state index contributed by atoms with van der Waals surface area (Å²) in [5.41, 5.74) is 2.53. The Bertz CT molecular complexity index is 839. The maximum absolute atomic E-state index is 12.7. The highest BCUT2D eigenvalue weighted by Crippen LogP contribution is 2.16. The van der Waals surface area contributed by atoms with Crippen LogP contribution >= 0.6 is 0 Å². The van der Waals surface area contributed by atoms with Crippen molar-refractivity contribution in [2.75, 3.05) is 25.0 Å². The number of amides is 2. The molecule has 31 heavy (non-hydrogen) atoms. The van der Waals surface area contributed by atoms with Crippen molar-refractivity contribution in [3.63, 3.8) is 0 Å². The average Bonchev–Trinajstić information content (AvgIpc) is 3.06. The standard InChI is InChI=1S/C25H33N3O3/c1-19(2)31-23-13-7-20(8-14-23)17-27-24(29)18-26-22-11-9-21(10-12-22)25(30)28-15-5-3-4-6-16-28/h7-14,19,26H,3-6,15-18H2,1-2H3,(H,27,29). The van der Waals surface area contributed by atoms with E-state index < -0.39 is 0 Å². The van der Waals surface area contributed by atoms with Crippen LogP contribution in [0.3, 0.4) is 0 Å². The first kappa shape index (κ1) is 22.7. The number of likely N-dealkylation sites (tertiary alicyclic amines) is 1. The van der Waals surface area contributed by atoms with Crippen molar-refractivity contribution in [1.82, 2.24) is 10.2 Å². The van der Waals surface area contributed by atoms with Crippen molar-refractivity contribution >= 4 is 17.5 Å². The predicted molar refractivity (Wildman–Crippen MR) is 123 cm³/mol. The molecule has 1 aliphatic heterocycles. The molecule has 2 N–H and O–H groups in total. The van der Waals surface area contributed by atoms with Crippen LogP contribution in [0.4, 0.5) is 5.69 Å². The van der Waals surface area contributed by atoms with Crippen LogP contribution in [0, 0.1) is 0 Å². The van der Waals surface area contributed by atoms with E-state index in [1.165, 1.54) is 12.8 Å². The molecule has 1 fully saturated rings. The average molecular weight is 424 g/mol. The third kappa shape index (κ3) is 7.31. The summed E-state index contributed by atoms with van der Waals surface area (Å²) < 4.78 is 5.62.